The standard InChI is InChI=1S/C14H22N2O3S/c1-2-14(6-3-7-15-14)13(19)16-10(12(17)18)8-20-11(16)9-4-5-9/h9-11,15H,2-8H2,1H3,(H,17,18). The number of carboxylic acid groups (broad SMARTS) is 1. The van der Waals surface area contributed by atoms with E-state index in [9.17, 15) is 14.7 Å². The Morgan fingerprint density at radius 2 is 2.20 bits per heavy atom. The van der Waals surface area contributed by atoms with Crippen LogP contribution >= 0.6 is 11.8 Å². The summed E-state index contributed by atoms with van der Waals surface area (Å²) in [6.45, 7) is 2.87. The van der Waals surface area contributed by atoms with Crippen LogP contribution in [0.15, 0.2) is 0 Å². The quantitative estimate of drug-likeness (QED) is 0.818. The molecule has 3 fully saturated rings. The second-order valence-corrected chi connectivity index (χ2v) is 7.24. The summed E-state index contributed by atoms with van der Waals surface area (Å²) in [5.74, 6) is 0.191. The third kappa shape index (κ3) is 2.22. The molecular formula is C14H22N2O3S. The smallest absolute Gasteiger partial charge is 0.327 e. The molecule has 2 heterocycles. The van der Waals surface area contributed by atoms with Gasteiger partial charge in [0.25, 0.3) is 0 Å². The summed E-state index contributed by atoms with van der Waals surface area (Å²) in [5.41, 5.74) is -0.522. The van der Waals surface area contributed by atoms with E-state index in [-0.39, 0.29) is 11.3 Å². The van der Waals surface area contributed by atoms with Crippen LogP contribution in [0.2, 0.25) is 0 Å². The van der Waals surface area contributed by atoms with Crippen molar-refractivity contribution in [3.05, 3.63) is 0 Å². The summed E-state index contributed by atoms with van der Waals surface area (Å²) in [5, 5.41) is 12.8. The minimum absolute atomic E-state index is 0.0202. The number of hydrogen-bond acceptors (Lipinski definition) is 4. The molecule has 5 nitrogen and oxygen atoms in total. The number of carboxylic acids is 1. The fourth-order valence-corrected chi connectivity index (χ4v) is 5.04. The number of amides is 1. The van der Waals surface area contributed by atoms with Crippen LogP contribution < -0.4 is 5.32 Å². The lowest BCUT2D eigenvalue weighted by molar-refractivity contribution is -0.152. The zero-order chi connectivity index (χ0) is 14.3. The van der Waals surface area contributed by atoms with Crippen molar-refractivity contribution in [3.8, 4) is 0 Å². The molecule has 1 amide bonds. The van der Waals surface area contributed by atoms with Gasteiger partial charge in [-0.1, -0.05) is 6.92 Å². The van der Waals surface area contributed by atoms with Gasteiger partial charge in [-0.05, 0) is 44.6 Å². The Bertz CT molecular complexity index is 419. The Labute approximate surface area is 123 Å². The van der Waals surface area contributed by atoms with Gasteiger partial charge in [-0.3, -0.25) is 4.79 Å². The van der Waals surface area contributed by atoms with E-state index < -0.39 is 17.6 Å². The number of hydrogen-bond donors (Lipinski definition) is 2. The SMILES string of the molecule is CCC1(C(=O)N2C(C(=O)O)CSC2C2CC2)CCCN1. The first kappa shape index (κ1) is 14.2. The molecule has 2 aliphatic heterocycles. The van der Waals surface area contributed by atoms with Crippen molar-refractivity contribution in [1.29, 1.82) is 0 Å². The summed E-state index contributed by atoms with van der Waals surface area (Å²) < 4.78 is 0. The van der Waals surface area contributed by atoms with Gasteiger partial charge in [-0.2, -0.15) is 0 Å². The number of nitrogens with one attached hydrogen (secondary N) is 1. The summed E-state index contributed by atoms with van der Waals surface area (Å²) >= 11 is 1.65. The van der Waals surface area contributed by atoms with Gasteiger partial charge in [0.05, 0.1) is 10.9 Å². The molecule has 0 aromatic rings. The minimum atomic E-state index is -0.863. The summed E-state index contributed by atoms with van der Waals surface area (Å²) in [4.78, 5) is 26.2. The lowest BCUT2D eigenvalue weighted by atomic mass is 9.91. The molecule has 6 heteroatoms. The van der Waals surface area contributed by atoms with Crippen LogP contribution in [0, 0.1) is 5.92 Å². The molecule has 112 valence electrons. The predicted molar refractivity (Wildman–Crippen MR) is 77.5 cm³/mol. The molecule has 0 spiro atoms. The van der Waals surface area contributed by atoms with Crippen LogP contribution in [0.1, 0.15) is 39.0 Å². The molecule has 0 radical (unpaired) electrons. The Morgan fingerprint density at radius 3 is 2.70 bits per heavy atom. The zero-order valence-electron chi connectivity index (χ0n) is 11.8. The Morgan fingerprint density at radius 1 is 1.45 bits per heavy atom. The summed E-state index contributed by atoms with van der Waals surface area (Å²) in [7, 11) is 0. The summed E-state index contributed by atoms with van der Waals surface area (Å²) in [6, 6.07) is -0.649. The lowest BCUT2D eigenvalue weighted by Crippen LogP contribution is -2.59. The van der Waals surface area contributed by atoms with E-state index in [1.54, 1.807) is 16.7 Å². The van der Waals surface area contributed by atoms with Crippen molar-refractivity contribution < 1.29 is 14.7 Å². The van der Waals surface area contributed by atoms with Crippen LogP contribution in [-0.4, -0.2) is 51.1 Å². The van der Waals surface area contributed by atoms with E-state index in [1.165, 1.54) is 0 Å². The fraction of sp³-hybridized carbons (Fsp3) is 0.857. The largest absolute Gasteiger partial charge is 0.480 e. The molecule has 1 aliphatic carbocycles. The molecule has 0 bridgehead atoms. The predicted octanol–water partition coefficient (Wildman–Crippen LogP) is 1.28. The van der Waals surface area contributed by atoms with Crippen molar-refractivity contribution >= 4 is 23.6 Å². The average molecular weight is 298 g/mol. The highest BCUT2D eigenvalue weighted by molar-refractivity contribution is 8.00. The topological polar surface area (TPSA) is 69.6 Å². The third-order valence-corrected chi connectivity index (χ3v) is 6.30. The fourth-order valence-electron chi connectivity index (χ4n) is 3.41. The normalized spacial score (nSPS) is 37.4. The van der Waals surface area contributed by atoms with Gasteiger partial charge >= 0.3 is 5.97 Å². The van der Waals surface area contributed by atoms with Gasteiger partial charge in [0.1, 0.15) is 6.04 Å². The highest BCUT2D eigenvalue weighted by Gasteiger charge is 2.53. The van der Waals surface area contributed by atoms with E-state index in [4.69, 9.17) is 0 Å². The minimum Gasteiger partial charge on any atom is -0.480 e. The Hall–Kier alpha value is -0.750. The van der Waals surface area contributed by atoms with Crippen LogP contribution in [0.25, 0.3) is 0 Å². The number of carbonyl (C=O) groups is 2. The third-order valence-electron chi connectivity index (χ3n) is 4.84. The van der Waals surface area contributed by atoms with Crippen molar-refractivity contribution in [3.63, 3.8) is 0 Å². The molecule has 2 saturated heterocycles. The van der Waals surface area contributed by atoms with Crippen LogP contribution in [-0.2, 0) is 9.59 Å². The number of rotatable bonds is 4. The molecule has 20 heavy (non-hydrogen) atoms. The van der Waals surface area contributed by atoms with E-state index in [0.717, 1.165) is 38.6 Å². The van der Waals surface area contributed by atoms with Crippen molar-refractivity contribution in [1.82, 2.24) is 10.2 Å². The van der Waals surface area contributed by atoms with Crippen molar-refractivity contribution in [2.45, 2.75) is 56.0 Å². The number of nitrogens with zero attached hydrogens (tertiary/aromatic N) is 1. The first-order valence-electron chi connectivity index (χ1n) is 7.51. The second-order valence-electron chi connectivity index (χ2n) is 6.09. The maximum atomic E-state index is 13.0. The van der Waals surface area contributed by atoms with Gasteiger partial charge in [-0.15, -0.1) is 11.8 Å². The molecule has 3 aliphatic rings. The van der Waals surface area contributed by atoms with E-state index in [0.29, 0.717) is 11.7 Å². The lowest BCUT2D eigenvalue weighted by Gasteiger charge is -2.36. The maximum absolute atomic E-state index is 13.0. The summed E-state index contributed by atoms with van der Waals surface area (Å²) in [6.07, 6.45) is 4.80. The molecule has 3 atom stereocenters. The van der Waals surface area contributed by atoms with Gasteiger partial charge in [0.15, 0.2) is 0 Å². The molecule has 1 saturated carbocycles. The molecular weight excluding hydrogens is 276 g/mol. The van der Waals surface area contributed by atoms with E-state index in [2.05, 4.69) is 5.32 Å². The second kappa shape index (κ2) is 5.22. The first-order valence-corrected chi connectivity index (χ1v) is 8.56. The molecule has 0 aromatic carbocycles. The van der Waals surface area contributed by atoms with E-state index in [1.807, 2.05) is 6.92 Å². The van der Waals surface area contributed by atoms with Gasteiger partial charge in [0.2, 0.25) is 5.91 Å². The van der Waals surface area contributed by atoms with Gasteiger partial charge in [0, 0.05) is 5.75 Å². The Balaban J connectivity index is 1.86. The average Bonchev–Trinajstić information content (AvgIpc) is 3.02. The number of thioether (sulfide) groups is 1. The number of aliphatic carboxylic acids is 1. The van der Waals surface area contributed by atoms with Crippen LogP contribution in [0.5, 0.6) is 0 Å². The molecule has 3 rings (SSSR count). The van der Waals surface area contributed by atoms with Gasteiger partial charge in [-0.25, -0.2) is 4.79 Å². The first-order chi connectivity index (χ1) is 9.59. The highest BCUT2D eigenvalue weighted by Crippen LogP contribution is 2.46. The molecule has 3 unspecified atom stereocenters. The molecule has 0 aromatic heterocycles. The van der Waals surface area contributed by atoms with Crippen molar-refractivity contribution in [2.75, 3.05) is 12.3 Å². The Kier molecular flexibility index (Phi) is 3.71. The van der Waals surface area contributed by atoms with E-state index >= 15 is 0 Å². The maximum Gasteiger partial charge on any atom is 0.327 e. The van der Waals surface area contributed by atoms with Crippen LogP contribution in [0.3, 0.4) is 0 Å². The molecule has 2 N–H and O–H groups in total. The monoisotopic (exact) mass is 298 g/mol. The number of carbonyl (C=O) groups excluding carboxylic acids is 1. The van der Waals surface area contributed by atoms with Gasteiger partial charge < -0.3 is 15.3 Å². The van der Waals surface area contributed by atoms with Crippen molar-refractivity contribution in [2.24, 2.45) is 5.92 Å². The van der Waals surface area contributed by atoms with Crippen LogP contribution in [0.4, 0.5) is 0 Å². The zero-order valence-corrected chi connectivity index (χ0v) is 12.6. The highest BCUT2D eigenvalue weighted by atomic mass is 32.2.